The van der Waals surface area contributed by atoms with Gasteiger partial charge in [-0.05, 0) is 18.0 Å². The summed E-state index contributed by atoms with van der Waals surface area (Å²) in [5.41, 5.74) is 2.49. The molecule has 0 atom stereocenters. The van der Waals surface area contributed by atoms with Crippen LogP contribution in [0, 0.1) is 0 Å². The average Bonchev–Trinajstić information content (AvgIpc) is 2.77. The van der Waals surface area contributed by atoms with Crippen molar-refractivity contribution in [1.82, 2.24) is 10.3 Å². The van der Waals surface area contributed by atoms with Crippen molar-refractivity contribution in [2.45, 2.75) is 32.7 Å². The molecule has 96 valence electrons. The van der Waals surface area contributed by atoms with Crippen LogP contribution in [0.1, 0.15) is 32.2 Å². The highest BCUT2D eigenvalue weighted by molar-refractivity contribution is 5.63. The lowest BCUT2D eigenvalue weighted by molar-refractivity contribution is 0.488. The summed E-state index contributed by atoms with van der Waals surface area (Å²) in [6.45, 7) is 7.27. The van der Waals surface area contributed by atoms with Gasteiger partial charge in [-0.1, -0.05) is 45.0 Å². The summed E-state index contributed by atoms with van der Waals surface area (Å²) in [6.07, 6.45) is 1.80. The maximum absolute atomic E-state index is 5.77. The van der Waals surface area contributed by atoms with Crippen molar-refractivity contribution in [3.63, 3.8) is 0 Å². The molecular weight excluding hydrogens is 224 g/mol. The molecule has 0 spiro atoms. The number of aromatic nitrogens is 1. The third kappa shape index (κ3) is 2.62. The molecule has 2 aromatic rings. The van der Waals surface area contributed by atoms with Crippen molar-refractivity contribution in [1.29, 1.82) is 0 Å². The second kappa shape index (κ2) is 4.94. The molecule has 0 aliphatic heterocycles. The molecule has 18 heavy (non-hydrogen) atoms. The average molecular weight is 244 g/mol. The minimum Gasteiger partial charge on any atom is -0.439 e. The van der Waals surface area contributed by atoms with Crippen LogP contribution in [0.3, 0.4) is 0 Å². The normalized spacial score (nSPS) is 11.8. The Morgan fingerprint density at radius 2 is 1.94 bits per heavy atom. The van der Waals surface area contributed by atoms with Crippen molar-refractivity contribution >= 4 is 0 Å². The molecule has 3 heteroatoms. The minimum absolute atomic E-state index is 0.0898. The van der Waals surface area contributed by atoms with Crippen molar-refractivity contribution in [3.8, 4) is 11.3 Å². The Kier molecular flexibility index (Phi) is 3.53. The lowest BCUT2D eigenvalue weighted by Crippen LogP contribution is -2.12. The Hall–Kier alpha value is -1.61. The molecule has 0 fully saturated rings. The van der Waals surface area contributed by atoms with Gasteiger partial charge in [0.15, 0.2) is 5.76 Å². The minimum atomic E-state index is 0.0898. The smallest absolute Gasteiger partial charge is 0.208 e. The van der Waals surface area contributed by atoms with Crippen molar-refractivity contribution in [2.75, 3.05) is 7.05 Å². The Labute approximate surface area is 108 Å². The van der Waals surface area contributed by atoms with E-state index >= 15 is 0 Å². The fraction of sp³-hybridized carbons (Fsp3) is 0.400. The summed E-state index contributed by atoms with van der Waals surface area (Å²) < 4.78 is 5.77. The summed E-state index contributed by atoms with van der Waals surface area (Å²) in [5, 5.41) is 3.04. The molecule has 1 aromatic heterocycles. The second-order valence-corrected chi connectivity index (χ2v) is 5.44. The van der Waals surface area contributed by atoms with Crippen LogP contribution in [0.2, 0.25) is 0 Å². The van der Waals surface area contributed by atoms with Crippen molar-refractivity contribution in [3.05, 3.63) is 41.9 Å². The zero-order valence-corrected chi connectivity index (χ0v) is 11.4. The van der Waals surface area contributed by atoms with Gasteiger partial charge in [0.05, 0.1) is 12.7 Å². The first kappa shape index (κ1) is 12.8. The fourth-order valence-electron chi connectivity index (χ4n) is 2.02. The van der Waals surface area contributed by atoms with Crippen molar-refractivity contribution in [2.24, 2.45) is 0 Å². The molecular formula is C15H20N2O. The van der Waals surface area contributed by atoms with E-state index in [9.17, 15) is 0 Å². The summed E-state index contributed by atoms with van der Waals surface area (Å²) in [7, 11) is 1.88. The number of nitrogens with zero attached hydrogens (tertiary/aromatic N) is 1. The zero-order chi connectivity index (χ0) is 13.2. The van der Waals surface area contributed by atoms with E-state index in [4.69, 9.17) is 4.42 Å². The van der Waals surface area contributed by atoms with Gasteiger partial charge in [0.1, 0.15) is 0 Å². The largest absolute Gasteiger partial charge is 0.439 e. The van der Waals surface area contributed by atoms with Crippen LogP contribution in [0.4, 0.5) is 0 Å². The molecule has 0 saturated heterocycles. The van der Waals surface area contributed by atoms with Gasteiger partial charge in [0, 0.05) is 5.56 Å². The molecule has 0 bridgehead atoms. The third-order valence-corrected chi connectivity index (χ3v) is 2.88. The topological polar surface area (TPSA) is 38.1 Å². The number of nitrogens with one attached hydrogen (secondary N) is 1. The van der Waals surface area contributed by atoms with Crippen molar-refractivity contribution < 1.29 is 4.42 Å². The Balaban J connectivity index is 2.43. The molecule has 1 N–H and O–H groups in total. The van der Waals surface area contributed by atoms with Crippen LogP contribution in [0.25, 0.3) is 11.3 Å². The molecule has 0 aliphatic carbocycles. The first-order valence-corrected chi connectivity index (χ1v) is 6.21. The molecule has 3 nitrogen and oxygen atoms in total. The first-order chi connectivity index (χ1) is 8.52. The van der Waals surface area contributed by atoms with E-state index in [1.54, 1.807) is 6.20 Å². The summed E-state index contributed by atoms with van der Waals surface area (Å²) in [4.78, 5) is 4.28. The van der Waals surface area contributed by atoms with Crippen LogP contribution < -0.4 is 5.32 Å². The highest BCUT2D eigenvalue weighted by atomic mass is 16.4. The molecule has 2 rings (SSSR count). The van der Waals surface area contributed by atoms with Crippen LogP contribution in [-0.4, -0.2) is 12.0 Å². The summed E-state index contributed by atoms with van der Waals surface area (Å²) >= 11 is 0. The molecule has 0 aliphatic rings. The van der Waals surface area contributed by atoms with Gasteiger partial charge in [-0.3, -0.25) is 0 Å². The summed E-state index contributed by atoms with van der Waals surface area (Å²) in [6, 6.07) is 8.33. The molecule has 0 amide bonds. The molecule has 1 aromatic carbocycles. The fourth-order valence-corrected chi connectivity index (χ4v) is 2.02. The number of hydrogen-bond donors (Lipinski definition) is 1. The van der Waals surface area contributed by atoms with Gasteiger partial charge in [-0.15, -0.1) is 0 Å². The Bertz CT molecular complexity index is 523. The van der Waals surface area contributed by atoms with Crippen LogP contribution in [0.15, 0.2) is 34.9 Å². The Morgan fingerprint density at radius 1 is 1.22 bits per heavy atom. The van der Waals surface area contributed by atoms with E-state index < -0.39 is 0 Å². The van der Waals surface area contributed by atoms with E-state index in [2.05, 4.69) is 49.3 Å². The van der Waals surface area contributed by atoms with Gasteiger partial charge in [0.25, 0.3) is 0 Å². The van der Waals surface area contributed by atoms with Gasteiger partial charge >= 0.3 is 0 Å². The molecule has 1 heterocycles. The second-order valence-electron chi connectivity index (χ2n) is 5.44. The monoisotopic (exact) mass is 244 g/mol. The highest BCUT2D eigenvalue weighted by Crippen LogP contribution is 2.32. The molecule has 0 saturated carbocycles. The molecule has 0 unspecified atom stereocenters. The number of benzene rings is 1. The summed E-state index contributed by atoms with van der Waals surface area (Å²) in [5.74, 6) is 1.56. The van der Waals surface area contributed by atoms with E-state index in [-0.39, 0.29) is 5.41 Å². The van der Waals surface area contributed by atoms with Gasteiger partial charge < -0.3 is 9.73 Å². The van der Waals surface area contributed by atoms with E-state index in [1.165, 1.54) is 5.56 Å². The first-order valence-electron chi connectivity index (χ1n) is 6.21. The third-order valence-electron chi connectivity index (χ3n) is 2.88. The van der Waals surface area contributed by atoms with E-state index in [0.717, 1.165) is 17.2 Å². The Morgan fingerprint density at radius 3 is 2.61 bits per heavy atom. The number of hydrogen-bond acceptors (Lipinski definition) is 3. The van der Waals surface area contributed by atoms with Gasteiger partial charge in [-0.25, -0.2) is 4.98 Å². The quantitative estimate of drug-likeness (QED) is 0.899. The maximum Gasteiger partial charge on any atom is 0.208 e. The van der Waals surface area contributed by atoms with E-state index in [0.29, 0.717) is 6.54 Å². The number of oxazole rings is 1. The zero-order valence-electron chi connectivity index (χ0n) is 11.4. The standard InChI is InChI=1S/C15H20N2O/c1-15(2,3)12-8-6-5-7-11(12)13-9-17-14(18-13)10-16-4/h5-9,16H,10H2,1-4H3. The van der Waals surface area contributed by atoms with E-state index in [1.807, 2.05) is 13.1 Å². The van der Waals surface area contributed by atoms with Crippen LogP contribution >= 0.6 is 0 Å². The lowest BCUT2D eigenvalue weighted by Gasteiger charge is -2.21. The highest BCUT2D eigenvalue weighted by Gasteiger charge is 2.20. The maximum atomic E-state index is 5.77. The number of rotatable bonds is 3. The van der Waals surface area contributed by atoms with Crippen LogP contribution in [-0.2, 0) is 12.0 Å². The predicted octanol–water partition coefficient (Wildman–Crippen LogP) is 3.36. The SMILES string of the molecule is CNCc1ncc(-c2ccccc2C(C)(C)C)o1. The predicted molar refractivity (Wildman–Crippen MR) is 73.4 cm³/mol. The lowest BCUT2D eigenvalue weighted by atomic mass is 9.83. The van der Waals surface area contributed by atoms with Crippen LogP contribution in [0.5, 0.6) is 0 Å². The van der Waals surface area contributed by atoms with Gasteiger partial charge in [-0.2, -0.15) is 0 Å². The van der Waals surface area contributed by atoms with Gasteiger partial charge in [0.2, 0.25) is 5.89 Å². The molecule has 0 radical (unpaired) electrons.